The summed E-state index contributed by atoms with van der Waals surface area (Å²) >= 11 is 6.13. The van der Waals surface area contributed by atoms with Gasteiger partial charge in [-0.05, 0) is 37.3 Å². The Labute approximate surface area is 176 Å². The predicted molar refractivity (Wildman–Crippen MR) is 116 cm³/mol. The maximum Gasteiger partial charge on any atom is 0.242 e. The molecule has 2 aromatic carbocycles. The van der Waals surface area contributed by atoms with Crippen molar-refractivity contribution in [1.82, 2.24) is 4.31 Å². The molecule has 29 heavy (non-hydrogen) atoms. The molecule has 1 amide bonds. The Hall–Kier alpha value is -2.13. The van der Waals surface area contributed by atoms with Gasteiger partial charge in [-0.15, -0.1) is 0 Å². The number of aliphatic hydroxyl groups excluding tert-OH is 1. The van der Waals surface area contributed by atoms with E-state index in [-0.39, 0.29) is 27.9 Å². The highest BCUT2D eigenvalue weighted by molar-refractivity contribution is 7.89. The van der Waals surface area contributed by atoms with Gasteiger partial charge in [0.05, 0.1) is 21.7 Å². The summed E-state index contributed by atoms with van der Waals surface area (Å²) in [5, 5.41) is 12.7. The molecule has 9 heteroatoms. The largest absolute Gasteiger partial charge is 0.392 e. The lowest BCUT2D eigenvalue weighted by atomic mass is 10.2. The number of benzene rings is 2. The number of carbonyl (C=O) groups is 1. The summed E-state index contributed by atoms with van der Waals surface area (Å²) < 4.78 is 25.7. The number of anilines is 2. The van der Waals surface area contributed by atoms with E-state index < -0.39 is 16.1 Å². The second kappa shape index (κ2) is 10.1. The summed E-state index contributed by atoms with van der Waals surface area (Å²) in [7, 11) is -0.774. The number of nitrogens with one attached hydrogen (secondary N) is 1. The van der Waals surface area contributed by atoms with Gasteiger partial charge in [-0.1, -0.05) is 29.8 Å². The Bertz CT molecular complexity index is 934. The Kier molecular flexibility index (Phi) is 8.04. The molecule has 0 fully saturated rings. The van der Waals surface area contributed by atoms with E-state index in [0.717, 1.165) is 9.99 Å². The van der Waals surface area contributed by atoms with E-state index in [1.54, 1.807) is 6.92 Å². The van der Waals surface area contributed by atoms with Crippen molar-refractivity contribution in [1.29, 1.82) is 0 Å². The molecular weight excluding hydrogens is 414 g/mol. The molecule has 0 saturated heterocycles. The molecule has 0 aliphatic heterocycles. The smallest absolute Gasteiger partial charge is 0.242 e. The third-order valence-corrected chi connectivity index (χ3v) is 6.35. The number of hydrogen-bond donors (Lipinski definition) is 2. The summed E-state index contributed by atoms with van der Waals surface area (Å²) in [6, 6.07) is 13.7. The van der Waals surface area contributed by atoms with Crippen molar-refractivity contribution in [2.24, 2.45) is 0 Å². The molecule has 0 aliphatic carbocycles. The average Bonchev–Trinajstić information content (AvgIpc) is 2.67. The van der Waals surface area contributed by atoms with Crippen LogP contribution in [0.5, 0.6) is 0 Å². The zero-order valence-corrected chi connectivity index (χ0v) is 18.2. The highest BCUT2D eigenvalue weighted by Crippen LogP contribution is 2.26. The number of aliphatic hydroxyl groups is 1. The van der Waals surface area contributed by atoms with E-state index in [1.165, 1.54) is 32.3 Å². The molecule has 158 valence electrons. The van der Waals surface area contributed by atoms with Crippen LogP contribution in [0, 0.1) is 0 Å². The number of para-hydroxylation sites is 1. The van der Waals surface area contributed by atoms with E-state index in [4.69, 9.17) is 11.6 Å². The van der Waals surface area contributed by atoms with Crippen molar-refractivity contribution in [3.63, 3.8) is 0 Å². The van der Waals surface area contributed by atoms with Gasteiger partial charge in [-0.25, -0.2) is 12.7 Å². The molecule has 0 bridgehead atoms. The van der Waals surface area contributed by atoms with Gasteiger partial charge in [0.1, 0.15) is 0 Å². The quantitative estimate of drug-likeness (QED) is 0.627. The first-order valence-electron chi connectivity index (χ1n) is 9.11. The normalized spacial score (nSPS) is 12.6. The minimum Gasteiger partial charge on any atom is -0.392 e. The monoisotopic (exact) mass is 439 g/mol. The van der Waals surface area contributed by atoms with E-state index in [1.807, 2.05) is 35.2 Å². The van der Waals surface area contributed by atoms with Crippen LogP contribution in [-0.2, 0) is 14.8 Å². The molecule has 2 rings (SSSR count). The van der Waals surface area contributed by atoms with Crippen molar-refractivity contribution >= 4 is 38.9 Å². The summed E-state index contributed by atoms with van der Waals surface area (Å²) in [4.78, 5) is 14.4. The van der Waals surface area contributed by atoms with Crippen LogP contribution in [0.25, 0.3) is 0 Å². The van der Waals surface area contributed by atoms with E-state index in [9.17, 15) is 18.3 Å². The zero-order valence-electron chi connectivity index (χ0n) is 16.7. The van der Waals surface area contributed by atoms with Gasteiger partial charge < -0.3 is 15.3 Å². The number of sulfonamides is 1. The standard InChI is InChI=1S/C20H26ClN3O4S/c1-15(25)14-24(16-7-5-4-6-8-16)12-11-20(26)22-19-13-17(9-10-18(19)21)29(27,28)23(2)3/h4-10,13,15,25H,11-12,14H2,1-3H3,(H,22,26). The van der Waals surface area contributed by atoms with Crippen LogP contribution in [0.3, 0.4) is 0 Å². The summed E-state index contributed by atoms with van der Waals surface area (Å²) in [5.41, 5.74) is 1.14. The first-order chi connectivity index (χ1) is 13.6. The summed E-state index contributed by atoms with van der Waals surface area (Å²) in [6.07, 6.45) is -0.413. The fourth-order valence-electron chi connectivity index (χ4n) is 2.70. The fraction of sp³-hybridized carbons (Fsp3) is 0.350. The van der Waals surface area contributed by atoms with Crippen LogP contribution in [-0.4, -0.2) is 57.0 Å². The van der Waals surface area contributed by atoms with Crippen LogP contribution < -0.4 is 10.2 Å². The summed E-state index contributed by atoms with van der Waals surface area (Å²) in [5.74, 6) is -0.308. The number of amides is 1. The van der Waals surface area contributed by atoms with Crippen molar-refractivity contribution < 1.29 is 18.3 Å². The minimum atomic E-state index is -3.64. The molecule has 2 aromatic rings. The van der Waals surface area contributed by atoms with Crippen LogP contribution in [0.4, 0.5) is 11.4 Å². The van der Waals surface area contributed by atoms with Gasteiger partial charge >= 0.3 is 0 Å². The highest BCUT2D eigenvalue weighted by atomic mass is 35.5. The topological polar surface area (TPSA) is 90.0 Å². The van der Waals surface area contributed by atoms with Crippen molar-refractivity contribution in [3.05, 3.63) is 53.6 Å². The predicted octanol–water partition coefficient (Wildman–Crippen LogP) is 2.81. The molecule has 0 aromatic heterocycles. The fourth-order valence-corrected chi connectivity index (χ4v) is 3.80. The zero-order chi connectivity index (χ0) is 21.6. The van der Waals surface area contributed by atoms with Gasteiger partial charge in [-0.2, -0.15) is 0 Å². The molecule has 0 aliphatic rings. The number of hydrogen-bond acceptors (Lipinski definition) is 5. The second-order valence-corrected chi connectivity index (χ2v) is 9.42. The lowest BCUT2D eigenvalue weighted by molar-refractivity contribution is -0.116. The average molecular weight is 440 g/mol. The first kappa shape index (κ1) is 23.2. The van der Waals surface area contributed by atoms with Crippen molar-refractivity contribution in [3.8, 4) is 0 Å². The SMILES string of the molecule is CC(O)CN(CCC(=O)Nc1cc(S(=O)(=O)N(C)C)ccc1Cl)c1ccccc1. The van der Waals surface area contributed by atoms with E-state index in [2.05, 4.69) is 5.32 Å². The molecule has 0 saturated carbocycles. The number of carbonyl (C=O) groups excluding carboxylic acids is 1. The molecule has 0 spiro atoms. The molecule has 2 N–H and O–H groups in total. The Morgan fingerprint density at radius 3 is 2.41 bits per heavy atom. The Balaban J connectivity index is 2.10. The highest BCUT2D eigenvalue weighted by Gasteiger charge is 2.19. The van der Waals surface area contributed by atoms with Gasteiger partial charge in [0, 0.05) is 39.3 Å². The maximum atomic E-state index is 12.5. The third-order valence-electron chi connectivity index (χ3n) is 4.21. The number of nitrogens with zero attached hydrogens (tertiary/aromatic N) is 2. The molecular formula is C20H26ClN3O4S. The van der Waals surface area contributed by atoms with Crippen molar-refractivity contribution in [2.75, 3.05) is 37.4 Å². The molecule has 1 atom stereocenters. The summed E-state index contributed by atoms with van der Waals surface area (Å²) in [6.45, 7) is 2.45. The van der Waals surface area contributed by atoms with Crippen LogP contribution in [0.2, 0.25) is 5.02 Å². The van der Waals surface area contributed by atoms with Gasteiger partial charge in [0.15, 0.2) is 0 Å². The first-order valence-corrected chi connectivity index (χ1v) is 10.9. The van der Waals surface area contributed by atoms with Gasteiger partial charge in [-0.3, -0.25) is 4.79 Å². The van der Waals surface area contributed by atoms with Gasteiger partial charge in [0.25, 0.3) is 0 Å². The Morgan fingerprint density at radius 2 is 1.83 bits per heavy atom. The Morgan fingerprint density at radius 1 is 1.17 bits per heavy atom. The minimum absolute atomic E-state index is 0.0437. The molecule has 7 nitrogen and oxygen atoms in total. The van der Waals surface area contributed by atoms with E-state index >= 15 is 0 Å². The van der Waals surface area contributed by atoms with Crippen LogP contribution in [0.1, 0.15) is 13.3 Å². The maximum absolute atomic E-state index is 12.5. The van der Waals surface area contributed by atoms with E-state index in [0.29, 0.717) is 13.1 Å². The van der Waals surface area contributed by atoms with Gasteiger partial charge in [0.2, 0.25) is 15.9 Å². The molecule has 0 heterocycles. The third kappa shape index (κ3) is 6.43. The van der Waals surface area contributed by atoms with Crippen molar-refractivity contribution in [2.45, 2.75) is 24.3 Å². The second-order valence-electron chi connectivity index (χ2n) is 6.86. The molecule has 0 radical (unpaired) electrons. The number of rotatable bonds is 9. The number of halogens is 1. The molecule has 1 unspecified atom stereocenters. The van der Waals surface area contributed by atoms with Crippen LogP contribution in [0.15, 0.2) is 53.4 Å². The lowest BCUT2D eigenvalue weighted by Crippen LogP contribution is -2.33. The lowest BCUT2D eigenvalue weighted by Gasteiger charge is -2.26. The van der Waals surface area contributed by atoms with Crippen LogP contribution >= 0.6 is 11.6 Å².